The summed E-state index contributed by atoms with van der Waals surface area (Å²) in [5, 5.41) is 14.3. The fourth-order valence-electron chi connectivity index (χ4n) is 2.60. The molecule has 1 saturated heterocycles. The molecule has 0 amide bonds. The van der Waals surface area contributed by atoms with Gasteiger partial charge in [-0.1, -0.05) is 6.92 Å². The second-order valence-corrected chi connectivity index (χ2v) is 5.23. The van der Waals surface area contributed by atoms with E-state index in [1.54, 1.807) is 0 Å². The maximum atomic E-state index is 11.1. The van der Waals surface area contributed by atoms with E-state index in [-0.39, 0.29) is 17.5 Å². The highest BCUT2D eigenvalue weighted by Crippen LogP contribution is 2.26. The normalized spacial score (nSPS) is 16.7. The SMILES string of the molecule is CCCN1CCC(Nc2nc(NN)ccc2[N+](=O)[O-])CC1. The van der Waals surface area contributed by atoms with Crippen molar-refractivity contribution in [3.05, 3.63) is 22.2 Å². The molecule has 8 heteroatoms. The number of piperidine rings is 1. The van der Waals surface area contributed by atoms with E-state index in [0.717, 1.165) is 38.9 Å². The van der Waals surface area contributed by atoms with Gasteiger partial charge in [-0.25, -0.2) is 10.8 Å². The quantitative estimate of drug-likeness (QED) is 0.415. The molecule has 4 N–H and O–H groups in total. The molecule has 0 unspecified atom stereocenters. The Bertz CT molecular complexity index is 488. The molecule has 1 aliphatic heterocycles. The molecule has 1 aromatic heterocycles. The molecule has 116 valence electrons. The average Bonchev–Trinajstić information content (AvgIpc) is 2.49. The molecule has 1 aliphatic rings. The first-order valence-corrected chi connectivity index (χ1v) is 7.25. The number of nitrogens with one attached hydrogen (secondary N) is 2. The third-order valence-electron chi connectivity index (χ3n) is 3.69. The number of nitro groups is 1. The molecule has 0 spiro atoms. The Hall–Kier alpha value is -1.93. The first kappa shape index (κ1) is 15.5. The number of aromatic nitrogens is 1. The summed E-state index contributed by atoms with van der Waals surface area (Å²) >= 11 is 0. The zero-order chi connectivity index (χ0) is 15.2. The molecule has 0 saturated carbocycles. The summed E-state index contributed by atoms with van der Waals surface area (Å²) in [6.07, 6.45) is 3.06. The van der Waals surface area contributed by atoms with Gasteiger partial charge in [0.1, 0.15) is 5.82 Å². The van der Waals surface area contributed by atoms with Gasteiger partial charge in [-0.2, -0.15) is 0 Å². The van der Waals surface area contributed by atoms with Crippen LogP contribution in [0.1, 0.15) is 26.2 Å². The van der Waals surface area contributed by atoms with Crippen LogP contribution in [0.3, 0.4) is 0 Å². The number of pyridine rings is 1. The van der Waals surface area contributed by atoms with Crippen LogP contribution in [0.15, 0.2) is 12.1 Å². The lowest BCUT2D eigenvalue weighted by Gasteiger charge is -2.32. The van der Waals surface area contributed by atoms with E-state index in [1.807, 2.05) is 0 Å². The number of rotatable bonds is 6. The van der Waals surface area contributed by atoms with Crippen molar-refractivity contribution in [2.24, 2.45) is 5.84 Å². The molecule has 21 heavy (non-hydrogen) atoms. The van der Waals surface area contributed by atoms with Gasteiger partial charge in [-0.05, 0) is 31.9 Å². The number of anilines is 2. The monoisotopic (exact) mass is 294 g/mol. The zero-order valence-corrected chi connectivity index (χ0v) is 12.2. The Morgan fingerprint density at radius 3 is 2.76 bits per heavy atom. The summed E-state index contributed by atoms with van der Waals surface area (Å²) < 4.78 is 0. The van der Waals surface area contributed by atoms with E-state index in [4.69, 9.17) is 5.84 Å². The lowest BCUT2D eigenvalue weighted by molar-refractivity contribution is -0.384. The van der Waals surface area contributed by atoms with Crippen LogP contribution in [-0.2, 0) is 0 Å². The number of hydrogen-bond acceptors (Lipinski definition) is 7. The van der Waals surface area contributed by atoms with Crippen molar-refractivity contribution in [1.82, 2.24) is 9.88 Å². The van der Waals surface area contributed by atoms with Crippen molar-refractivity contribution in [2.75, 3.05) is 30.4 Å². The molecule has 0 radical (unpaired) electrons. The summed E-state index contributed by atoms with van der Waals surface area (Å²) in [4.78, 5) is 17.2. The number of nitrogen functional groups attached to an aromatic ring is 1. The van der Waals surface area contributed by atoms with Gasteiger partial charge in [0.2, 0.25) is 5.82 Å². The van der Waals surface area contributed by atoms with Crippen LogP contribution in [0.2, 0.25) is 0 Å². The van der Waals surface area contributed by atoms with E-state index in [2.05, 4.69) is 27.6 Å². The maximum Gasteiger partial charge on any atom is 0.311 e. The van der Waals surface area contributed by atoms with Gasteiger partial charge in [-0.15, -0.1) is 0 Å². The summed E-state index contributed by atoms with van der Waals surface area (Å²) in [5.41, 5.74) is 2.39. The number of likely N-dealkylation sites (tertiary alicyclic amines) is 1. The molecular weight excluding hydrogens is 272 g/mol. The van der Waals surface area contributed by atoms with Gasteiger partial charge in [0, 0.05) is 25.2 Å². The van der Waals surface area contributed by atoms with Crippen molar-refractivity contribution >= 4 is 17.3 Å². The van der Waals surface area contributed by atoms with Crippen LogP contribution < -0.4 is 16.6 Å². The minimum atomic E-state index is -0.429. The van der Waals surface area contributed by atoms with Crippen LogP contribution in [0, 0.1) is 10.1 Å². The van der Waals surface area contributed by atoms with Crippen molar-refractivity contribution in [3.8, 4) is 0 Å². The largest absolute Gasteiger partial charge is 0.361 e. The summed E-state index contributed by atoms with van der Waals surface area (Å²) in [6.45, 7) is 5.29. The van der Waals surface area contributed by atoms with Crippen molar-refractivity contribution in [3.63, 3.8) is 0 Å². The standard InChI is InChI=1S/C13H22N6O2/c1-2-7-18-8-5-10(6-9-18)15-13-11(19(20)21)3-4-12(16-13)17-14/h3-4,10H,2,5-9,14H2,1H3,(H2,15,16,17). The molecule has 0 aromatic carbocycles. The fraction of sp³-hybridized carbons (Fsp3) is 0.615. The highest BCUT2D eigenvalue weighted by molar-refractivity contribution is 5.60. The van der Waals surface area contributed by atoms with E-state index in [9.17, 15) is 10.1 Å². The molecule has 8 nitrogen and oxygen atoms in total. The van der Waals surface area contributed by atoms with Gasteiger partial charge in [0.15, 0.2) is 0 Å². The van der Waals surface area contributed by atoms with Gasteiger partial charge in [-0.3, -0.25) is 10.1 Å². The Balaban J connectivity index is 2.03. The zero-order valence-electron chi connectivity index (χ0n) is 12.2. The molecule has 2 heterocycles. The number of hydrazine groups is 1. The smallest absolute Gasteiger partial charge is 0.311 e. The van der Waals surface area contributed by atoms with Crippen molar-refractivity contribution in [2.45, 2.75) is 32.2 Å². The van der Waals surface area contributed by atoms with Crippen LogP contribution in [0.5, 0.6) is 0 Å². The average molecular weight is 294 g/mol. The topological polar surface area (TPSA) is 109 Å². The molecule has 0 atom stereocenters. The van der Waals surface area contributed by atoms with Gasteiger partial charge < -0.3 is 15.6 Å². The lowest BCUT2D eigenvalue weighted by atomic mass is 10.0. The fourth-order valence-corrected chi connectivity index (χ4v) is 2.60. The number of nitrogens with zero attached hydrogens (tertiary/aromatic N) is 3. The maximum absolute atomic E-state index is 11.1. The van der Waals surface area contributed by atoms with Gasteiger partial charge >= 0.3 is 5.69 Å². The molecule has 1 fully saturated rings. The summed E-state index contributed by atoms with van der Waals surface area (Å²) in [5.74, 6) is 6.00. The van der Waals surface area contributed by atoms with Crippen LogP contribution in [0.25, 0.3) is 0 Å². The number of nitrogens with two attached hydrogens (primary N) is 1. The van der Waals surface area contributed by atoms with Crippen LogP contribution in [-0.4, -0.2) is 40.5 Å². The predicted molar refractivity (Wildman–Crippen MR) is 82.1 cm³/mol. The Labute approximate surface area is 123 Å². The van der Waals surface area contributed by atoms with Crippen LogP contribution in [0.4, 0.5) is 17.3 Å². The Morgan fingerprint density at radius 1 is 1.48 bits per heavy atom. The highest BCUT2D eigenvalue weighted by Gasteiger charge is 2.23. The Morgan fingerprint density at radius 2 is 2.19 bits per heavy atom. The van der Waals surface area contributed by atoms with Crippen LogP contribution >= 0.6 is 0 Å². The van der Waals surface area contributed by atoms with E-state index in [1.165, 1.54) is 12.1 Å². The summed E-state index contributed by atoms with van der Waals surface area (Å²) in [6, 6.07) is 3.11. The van der Waals surface area contributed by atoms with E-state index in [0.29, 0.717) is 5.82 Å². The van der Waals surface area contributed by atoms with E-state index >= 15 is 0 Å². The molecular formula is C13H22N6O2. The minimum Gasteiger partial charge on any atom is -0.361 e. The van der Waals surface area contributed by atoms with Gasteiger partial charge in [0.25, 0.3) is 0 Å². The molecule has 0 bridgehead atoms. The Kier molecular flexibility index (Phi) is 5.29. The predicted octanol–water partition coefficient (Wildman–Crippen LogP) is 1.56. The molecule has 2 rings (SSSR count). The number of hydrogen-bond donors (Lipinski definition) is 3. The van der Waals surface area contributed by atoms with E-state index < -0.39 is 4.92 Å². The second kappa shape index (κ2) is 7.19. The van der Waals surface area contributed by atoms with Crippen molar-refractivity contribution < 1.29 is 4.92 Å². The highest BCUT2D eigenvalue weighted by atomic mass is 16.6. The first-order chi connectivity index (χ1) is 10.1. The first-order valence-electron chi connectivity index (χ1n) is 7.25. The second-order valence-electron chi connectivity index (χ2n) is 5.23. The molecule has 1 aromatic rings. The molecule has 0 aliphatic carbocycles. The van der Waals surface area contributed by atoms with Crippen molar-refractivity contribution in [1.29, 1.82) is 0 Å². The lowest BCUT2D eigenvalue weighted by Crippen LogP contribution is -2.39. The third kappa shape index (κ3) is 4.02. The summed E-state index contributed by atoms with van der Waals surface area (Å²) in [7, 11) is 0. The third-order valence-corrected chi connectivity index (χ3v) is 3.69. The van der Waals surface area contributed by atoms with Gasteiger partial charge in [0.05, 0.1) is 4.92 Å². The minimum absolute atomic E-state index is 0.0232.